The summed E-state index contributed by atoms with van der Waals surface area (Å²) in [5.41, 5.74) is 7.92. The van der Waals surface area contributed by atoms with E-state index in [1.807, 2.05) is 26.8 Å². The van der Waals surface area contributed by atoms with Crippen LogP contribution in [0.3, 0.4) is 0 Å². The Balaban J connectivity index is 0.000000214. The van der Waals surface area contributed by atoms with E-state index in [9.17, 15) is 9.59 Å². The summed E-state index contributed by atoms with van der Waals surface area (Å²) in [5, 5.41) is 2.54. The zero-order valence-corrected chi connectivity index (χ0v) is 17.7. The summed E-state index contributed by atoms with van der Waals surface area (Å²) in [6, 6.07) is 6.97. The number of carbonyl (C=O) groups is 2. The first-order valence-electron chi connectivity index (χ1n) is 9.79. The molecule has 3 N–H and O–H groups in total. The Hall–Kier alpha value is -3.55. The molecule has 0 atom stereocenters. The van der Waals surface area contributed by atoms with Crippen molar-refractivity contribution in [2.45, 2.75) is 47.0 Å². The first-order valence-corrected chi connectivity index (χ1v) is 9.79. The molecular weight excluding hydrogens is 382 g/mol. The number of ketones is 1. The summed E-state index contributed by atoms with van der Waals surface area (Å²) in [4.78, 5) is 34.5. The van der Waals surface area contributed by atoms with Gasteiger partial charge < -0.3 is 15.5 Å². The first-order chi connectivity index (χ1) is 14.3. The van der Waals surface area contributed by atoms with Gasteiger partial charge >= 0.3 is 0 Å². The molecule has 0 unspecified atom stereocenters. The van der Waals surface area contributed by atoms with Gasteiger partial charge in [0.05, 0.1) is 0 Å². The van der Waals surface area contributed by atoms with E-state index < -0.39 is 0 Å². The summed E-state index contributed by atoms with van der Waals surface area (Å²) in [6.45, 7) is 7.25. The molecule has 0 saturated heterocycles. The van der Waals surface area contributed by atoms with Crippen LogP contribution in [0, 0.1) is 6.92 Å². The summed E-state index contributed by atoms with van der Waals surface area (Å²) in [7, 11) is 0. The molecule has 0 aliphatic carbocycles. The van der Waals surface area contributed by atoms with E-state index in [-0.39, 0.29) is 11.7 Å². The minimum Gasteiger partial charge on any atom is -0.445 e. The number of nitrogens with two attached hydrogens (primary N) is 1. The Kier molecular flexibility index (Phi) is 8.22. The van der Waals surface area contributed by atoms with E-state index in [4.69, 9.17) is 10.2 Å². The molecule has 158 valence electrons. The van der Waals surface area contributed by atoms with E-state index in [2.05, 4.69) is 20.3 Å². The Morgan fingerprint density at radius 3 is 2.40 bits per heavy atom. The standard InChI is InChI=1S/C11H13N3O.C11H14N2O2/c1-3-9-11(14-7(2)15-9)8-4-5-10(12)13-6-8;1-3-4-10(15)9-5-6-11(12-7-9)13-8(2)14/h4-6H,3H2,1-2H3,(H2,12,13);5-7H,3-4H2,1-2H3,(H,12,13,14). The number of hydrogen-bond donors (Lipinski definition) is 2. The number of carbonyl (C=O) groups excluding carboxylic acids is 2. The average Bonchev–Trinajstić information content (AvgIpc) is 3.10. The van der Waals surface area contributed by atoms with Crippen molar-refractivity contribution in [3.05, 3.63) is 53.9 Å². The number of amides is 1. The zero-order chi connectivity index (χ0) is 22.1. The summed E-state index contributed by atoms with van der Waals surface area (Å²) in [5.74, 6) is 2.46. The maximum Gasteiger partial charge on any atom is 0.222 e. The summed E-state index contributed by atoms with van der Waals surface area (Å²) >= 11 is 0. The van der Waals surface area contributed by atoms with Crippen LogP contribution in [-0.4, -0.2) is 26.6 Å². The van der Waals surface area contributed by atoms with Gasteiger partial charge in [0, 0.05) is 50.2 Å². The maximum absolute atomic E-state index is 11.5. The fourth-order valence-corrected chi connectivity index (χ4v) is 2.66. The number of aryl methyl sites for hydroxylation is 2. The molecule has 30 heavy (non-hydrogen) atoms. The third-order valence-corrected chi connectivity index (χ3v) is 4.05. The van der Waals surface area contributed by atoms with Gasteiger partial charge in [0.1, 0.15) is 23.1 Å². The highest BCUT2D eigenvalue weighted by Crippen LogP contribution is 2.23. The van der Waals surface area contributed by atoms with Crippen LogP contribution in [0.4, 0.5) is 11.6 Å². The van der Waals surface area contributed by atoms with Crippen LogP contribution in [0.1, 0.15) is 55.6 Å². The van der Waals surface area contributed by atoms with Crippen molar-refractivity contribution < 1.29 is 14.0 Å². The Bertz CT molecular complexity index is 979. The normalized spacial score (nSPS) is 10.1. The van der Waals surface area contributed by atoms with Crippen LogP contribution in [0.5, 0.6) is 0 Å². The molecule has 0 fully saturated rings. The minimum atomic E-state index is -0.171. The fraction of sp³-hybridized carbons (Fsp3) is 0.318. The predicted molar refractivity (Wildman–Crippen MR) is 116 cm³/mol. The van der Waals surface area contributed by atoms with E-state index >= 15 is 0 Å². The van der Waals surface area contributed by atoms with E-state index in [1.165, 1.54) is 13.1 Å². The molecule has 0 spiro atoms. The van der Waals surface area contributed by atoms with Crippen LogP contribution in [0.25, 0.3) is 11.3 Å². The number of pyridine rings is 2. The quantitative estimate of drug-likeness (QED) is 0.584. The lowest BCUT2D eigenvalue weighted by Crippen LogP contribution is -2.08. The highest BCUT2D eigenvalue weighted by atomic mass is 16.4. The smallest absolute Gasteiger partial charge is 0.222 e. The van der Waals surface area contributed by atoms with Crippen LogP contribution in [0.15, 0.2) is 41.1 Å². The van der Waals surface area contributed by atoms with Gasteiger partial charge in [-0.15, -0.1) is 0 Å². The number of nitrogens with one attached hydrogen (secondary N) is 1. The van der Waals surface area contributed by atoms with Crippen molar-refractivity contribution in [3.63, 3.8) is 0 Å². The van der Waals surface area contributed by atoms with Crippen LogP contribution in [-0.2, 0) is 11.2 Å². The number of hydrogen-bond acceptors (Lipinski definition) is 7. The van der Waals surface area contributed by atoms with E-state index in [0.29, 0.717) is 29.5 Å². The Morgan fingerprint density at radius 2 is 1.87 bits per heavy atom. The highest BCUT2D eigenvalue weighted by Gasteiger charge is 2.11. The highest BCUT2D eigenvalue weighted by molar-refractivity contribution is 5.96. The van der Waals surface area contributed by atoms with Gasteiger partial charge in [-0.25, -0.2) is 15.0 Å². The predicted octanol–water partition coefficient (Wildman–Crippen LogP) is 4.21. The Morgan fingerprint density at radius 1 is 1.10 bits per heavy atom. The average molecular weight is 409 g/mol. The topological polar surface area (TPSA) is 124 Å². The molecule has 1 amide bonds. The minimum absolute atomic E-state index is 0.0828. The fourth-order valence-electron chi connectivity index (χ4n) is 2.66. The van der Waals surface area contributed by atoms with Crippen LogP contribution < -0.4 is 11.1 Å². The molecule has 0 bridgehead atoms. The van der Waals surface area contributed by atoms with Crippen molar-refractivity contribution in [1.29, 1.82) is 0 Å². The molecule has 3 aromatic rings. The van der Waals surface area contributed by atoms with Gasteiger partial charge in [-0.1, -0.05) is 13.8 Å². The van der Waals surface area contributed by atoms with Crippen molar-refractivity contribution in [1.82, 2.24) is 15.0 Å². The molecule has 3 aromatic heterocycles. The number of rotatable bonds is 6. The van der Waals surface area contributed by atoms with Gasteiger partial charge in [0.2, 0.25) is 5.91 Å². The van der Waals surface area contributed by atoms with Gasteiger partial charge in [0.15, 0.2) is 11.7 Å². The van der Waals surface area contributed by atoms with E-state index in [1.54, 1.807) is 24.4 Å². The summed E-state index contributed by atoms with van der Waals surface area (Å²) < 4.78 is 5.48. The molecule has 8 nitrogen and oxygen atoms in total. The second-order valence-electron chi connectivity index (χ2n) is 6.62. The van der Waals surface area contributed by atoms with Crippen molar-refractivity contribution in [2.24, 2.45) is 0 Å². The number of Topliss-reactive ketones (excluding diaryl/α,β-unsaturated/α-hetero) is 1. The number of oxazole rings is 1. The number of anilines is 2. The molecule has 0 aliphatic rings. The lowest BCUT2D eigenvalue weighted by Gasteiger charge is -2.02. The second kappa shape index (κ2) is 10.8. The number of nitrogens with zero attached hydrogens (tertiary/aromatic N) is 3. The molecule has 8 heteroatoms. The molecule has 0 saturated carbocycles. The summed E-state index contributed by atoms with van der Waals surface area (Å²) in [6.07, 6.45) is 5.38. The Labute approximate surface area is 176 Å². The first kappa shape index (κ1) is 22.7. The SMILES string of the molecule is CCCC(=O)c1ccc(NC(C)=O)nc1.CCc1oc(C)nc1-c1ccc(N)nc1. The van der Waals surface area contributed by atoms with Gasteiger partial charge in [-0.2, -0.15) is 0 Å². The zero-order valence-electron chi connectivity index (χ0n) is 17.7. The third-order valence-electron chi connectivity index (χ3n) is 4.05. The molecular formula is C22H27N5O3. The maximum atomic E-state index is 11.5. The van der Waals surface area contributed by atoms with Crippen molar-refractivity contribution >= 4 is 23.3 Å². The number of aromatic nitrogens is 3. The lowest BCUT2D eigenvalue weighted by molar-refractivity contribution is -0.114. The third kappa shape index (κ3) is 6.51. The molecule has 0 aromatic carbocycles. The monoisotopic (exact) mass is 409 g/mol. The molecule has 0 aliphatic heterocycles. The lowest BCUT2D eigenvalue weighted by atomic mass is 10.1. The van der Waals surface area contributed by atoms with Crippen LogP contribution >= 0.6 is 0 Å². The second-order valence-corrected chi connectivity index (χ2v) is 6.62. The van der Waals surface area contributed by atoms with E-state index in [0.717, 1.165) is 29.9 Å². The number of nitrogen functional groups attached to an aromatic ring is 1. The van der Waals surface area contributed by atoms with Gasteiger partial charge in [-0.3, -0.25) is 9.59 Å². The molecule has 3 rings (SSSR count). The largest absolute Gasteiger partial charge is 0.445 e. The van der Waals surface area contributed by atoms with Gasteiger partial charge in [0.25, 0.3) is 0 Å². The van der Waals surface area contributed by atoms with Crippen LogP contribution in [0.2, 0.25) is 0 Å². The molecule has 3 heterocycles. The van der Waals surface area contributed by atoms with Crippen molar-refractivity contribution in [2.75, 3.05) is 11.1 Å². The van der Waals surface area contributed by atoms with Crippen molar-refractivity contribution in [3.8, 4) is 11.3 Å². The van der Waals surface area contributed by atoms with Gasteiger partial charge in [-0.05, 0) is 30.7 Å². The molecule has 0 radical (unpaired) electrons.